The quantitative estimate of drug-likeness (QED) is 0.622. The van der Waals surface area contributed by atoms with Gasteiger partial charge in [-0.2, -0.15) is 5.26 Å². The molecular formula is C16H12BrFN2O. The first kappa shape index (κ1) is 15.3. The average Bonchev–Trinajstić information content (AvgIpc) is 2.49. The minimum absolute atomic E-state index is 0.124. The second kappa shape index (κ2) is 6.15. The molecule has 0 saturated heterocycles. The summed E-state index contributed by atoms with van der Waals surface area (Å²) in [6, 6.07) is 8.06. The fraction of sp³-hybridized carbons (Fsp3) is 0.188. The number of carbonyl (C=O) groups is 1. The van der Waals surface area contributed by atoms with E-state index in [1.54, 1.807) is 24.4 Å². The smallest absolute Gasteiger partial charge is 0.181 e. The van der Waals surface area contributed by atoms with Crippen molar-refractivity contribution in [2.24, 2.45) is 0 Å². The fourth-order valence-electron chi connectivity index (χ4n) is 2.05. The number of hydrogen-bond acceptors (Lipinski definition) is 3. The Labute approximate surface area is 130 Å². The largest absolute Gasteiger partial charge is 0.293 e. The Balaban J connectivity index is 2.44. The third-order valence-corrected chi connectivity index (χ3v) is 4.12. The maximum Gasteiger partial charge on any atom is 0.181 e. The van der Waals surface area contributed by atoms with E-state index < -0.39 is 10.6 Å². The molecule has 0 aliphatic carbocycles. The van der Waals surface area contributed by atoms with Gasteiger partial charge in [0.25, 0.3) is 0 Å². The van der Waals surface area contributed by atoms with Crippen LogP contribution in [0.5, 0.6) is 0 Å². The van der Waals surface area contributed by atoms with Crippen molar-refractivity contribution < 1.29 is 9.18 Å². The van der Waals surface area contributed by atoms with Gasteiger partial charge in [-0.3, -0.25) is 9.78 Å². The van der Waals surface area contributed by atoms with E-state index in [0.717, 1.165) is 11.3 Å². The summed E-state index contributed by atoms with van der Waals surface area (Å²) in [5.74, 6) is -0.816. The van der Waals surface area contributed by atoms with E-state index in [0.29, 0.717) is 5.56 Å². The third kappa shape index (κ3) is 3.01. The number of nitrogens with zero attached hydrogens (tertiary/aromatic N) is 2. The normalized spacial score (nSPS) is 11.8. The van der Waals surface area contributed by atoms with Crippen molar-refractivity contribution in [3.8, 4) is 6.07 Å². The summed E-state index contributed by atoms with van der Waals surface area (Å²) >= 11 is 3.36. The predicted octanol–water partition coefficient (Wildman–Crippen LogP) is 4.03. The summed E-state index contributed by atoms with van der Waals surface area (Å²) in [4.78, 5) is 16.1. The molecule has 1 aromatic carbocycles. The molecule has 0 saturated carbocycles. The van der Waals surface area contributed by atoms with Crippen molar-refractivity contribution >= 4 is 21.7 Å². The maximum atomic E-state index is 13.7. The van der Waals surface area contributed by atoms with Crippen molar-refractivity contribution in [2.45, 2.75) is 18.7 Å². The first-order valence-electron chi connectivity index (χ1n) is 6.25. The SMILES string of the molecule is Cc1cc(C(=O)[C@@H](Br)c2cccnc2C)cc(C#N)c1F. The molecular weight excluding hydrogens is 335 g/mol. The third-order valence-electron chi connectivity index (χ3n) is 3.21. The molecule has 106 valence electrons. The molecule has 0 spiro atoms. The number of rotatable bonds is 3. The van der Waals surface area contributed by atoms with Gasteiger partial charge in [0.1, 0.15) is 16.7 Å². The van der Waals surface area contributed by atoms with Crippen LogP contribution in [0.3, 0.4) is 0 Å². The maximum absolute atomic E-state index is 13.7. The Hall–Kier alpha value is -2.06. The summed E-state index contributed by atoms with van der Waals surface area (Å²) in [6.45, 7) is 3.35. The van der Waals surface area contributed by atoms with Gasteiger partial charge in [0, 0.05) is 17.5 Å². The highest BCUT2D eigenvalue weighted by Crippen LogP contribution is 2.29. The number of benzene rings is 1. The van der Waals surface area contributed by atoms with Crippen molar-refractivity contribution in [3.05, 3.63) is 64.2 Å². The van der Waals surface area contributed by atoms with Gasteiger partial charge >= 0.3 is 0 Å². The second-order valence-corrected chi connectivity index (χ2v) is 5.59. The van der Waals surface area contributed by atoms with E-state index >= 15 is 0 Å². The molecule has 1 heterocycles. The molecule has 0 aliphatic rings. The second-order valence-electron chi connectivity index (χ2n) is 4.67. The molecule has 0 fully saturated rings. The number of nitriles is 1. The lowest BCUT2D eigenvalue weighted by atomic mass is 9.98. The number of pyridine rings is 1. The summed E-state index contributed by atoms with van der Waals surface area (Å²) in [7, 11) is 0. The van der Waals surface area contributed by atoms with Crippen molar-refractivity contribution in [3.63, 3.8) is 0 Å². The zero-order valence-electron chi connectivity index (χ0n) is 11.5. The lowest BCUT2D eigenvalue weighted by Gasteiger charge is -2.12. The minimum atomic E-state index is -0.585. The summed E-state index contributed by atoms with van der Waals surface area (Å²) < 4.78 is 13.7. The lowest BCUT2D eigenvalue weighted by Crippen LogP contribution is -2.10. The highest BCUT2D eigenvalue weighted by atomic mass is 79.9. The van der Waals surface area contributed by atoms with E-state index in [4.69, 9.17) is 5.26 Å². The van der Waals surface area contributed by atoms with Crippen LogP contribution in [0.1, 0.15) is 37.6 Å². The number of Topliss-reactive ketones (excluding diaryl/α,β-unsaturated/α-hetero) is 1. The first-order valence-corrected chi connectivity index (χ1v) is 7.17. The molecule has 21 heavy (non-hydrogen) atoms. The zero-order chi connectivity index (χ0) is 15.6. The Bertz CT molecular complexity index is 752. The highest BCUT2D eigenvalue weighted by Gasteiger charge is 2.22. The zero-order valence-corrected chi connectivity index (χ0v) is 13.1. The number of halogens is 2. The molecule has 3 nitrogen and oxygen atoms in total. The van der Waals surface area contributed by atoms with Crippen LogP contribution in [-0.2, 0) is 0 Å². The van der Waals surface area contributed by atoms with Crippen LogP contribution in [-0.4, -0.2) is 10.8 Å². The monoisotopic (exact) mass is 346 g/mol. The van der Waals surface area contributed by atoms with Gasteiger partial charge in [0.05, 0.1) is 5.56 Å². The standard InChI is InChI=1S/C16H12BrFN2O/c1-9-6-11(7-12(8-19)15(9)18)16(21)14(17)13-4-3-5-20-10(13)2/h3-7,14H,1-2H3/t14-/m0/s1. The molecule has 2 aromatic rings. The number of aryl methyl sites for hydroxylation is 2. The molecule has 0 aliphatic heterocycles. The molecule has 0 amide bonds. The number of alkyl halides is 1. The fourth-order valence-corrected chi connectivity index (χ4v) is 2.79. The van der Waals surface area contributed by atoms with Gasteiger partial charge in [-0.25, -0.2) is 4.39 Å². The molecule has 1 aromatic heterocycles. The van der Waals surface area contributed by atoms with E-state index in [1.165, 1.54) is 19.1 Å². The Kier molecular flexibility index (Phi) is 4.49. The number of carbonyl (C=O) groups excluding carboxylic acids is 1. The molecule has 1 atom stereocenters. The van der Waals surface area contributed by atoms with Gasteiger partial charge in [-0.05, 0) is 43.2 Å². The molecule has 0 N–H and O–H groups in total. The van der Waals surface area contributed by atoms with Gasteiger partial charge in [0.2, 0.25) is 0 Å². The summed E-state index contributed by atoms with van der Waals surface area (Å²) in [6.07, 6.45) is 1.65. The predicted molar refractivity (Wildman–Crippen MR) is 80.8 cm³/mol. The van der Waals surface area contributed by atoms with Crippen molar-refractivity contribution in [2.75, 3.05) is 0 Å². The topological polar surface area (TPSA) is 53.8 Å². The van der Waals surface area contributed by atoms with Crippen LogP contribution in [0.2, 0.25) is 0 Å². The highest BCUT2D eigenvalue weighted by molar-refractivity contribution is 9.09. The molecule has 2 rings (SSSR count). The van der Waals surface area contributed by atoms with Crippen LogP contribution in [0.25, 0.3) is 0 Å². The number of aromatic nitrogens is 1. The van der Waals surface area contributed by atoms with E-state index in [9.17, 15) is 9.18 Å². The van der Waals surface area contributed by atoms with Gasteiger partial charge in [0.15, 0.2) is 5.78 Å². The van der Waals surface area contributed by atoms with E-state index in [2.05, 4.69) is 20.9 Å². The van der Waals surface area contributed by atoms with Crippen molar-refractivity contribution in [1.29, 1.82) is 5.26 Å². The summed E-state index contributed by atoms with van der Waals surface area (Å²) in [5, 5.41) is 8.93. The average molecular weight is 347 g/mol. The summed E-state index contributed by atoms with van der Waals surface area (Å²) in [5.41, 5.74) is 1.95. The van der Waals surface area contributed by atoms with Crippen LogP contribution in [0, 0.1) is 31.0 Å². The van der Waals surface area contributed by atoms with Gasteiger partial charge in [-0.15, -0.1) is 0 Å². The van der Waals surface area contributed by atoms with Crippen molar-refractivity contribution in [1.82, 2.24) is 4.98 Å². The van der Waals surface area contributed by atoms with E-state index in [1.807, 2.05) is 6.92 Å². The lowest BCUT2D eigenvalue weighted by molar-refractivity contribution is 0.0991. The molecule has 0 unspecified atom stereocenters. The Morgan fingerprint density at radius 1 is 1.43 bits per heavy atom. The van der Waals surface area contributed by atoms with E-state index in [-0.39, 0.29) is 16.9 Å². The molecule has 0 radical (unpaired) electrons. The Morgan fingerprint density at radius 2 is 2.14 bits per heavy atom. The van der Waals surface area contributed by atoms with Crippen LogP contribution in [0.15, 0.2) is 30.5 Å². The van der Waals surface area contributed by atoms with Crippen LogP contribution < -0.4 is 0 Å². The van der Waals surface area contributed by atoms with Crippen LogP contribution >= 0.6 is 15.9 Å². The van der Waals surface area contributed by atoms with Gasteiger partial charge < -0.3 is 0 Å². The molecule has 0 bridgehead atoms. The first-order chi connectivity index (χ1) is 9.95. The minimum Gasteiger partial charge on any atom is -0.293 e. The number of hydrogen-bond donors (Lipinski definition) is 0. The van der Waals surface area contributed by atoms with Crippen LogP contribution in [0.4, 0.5) is 4.39 Å². The molecule has 5 heteroatoms. The number of ketones is 1. The van der Waals surface area contributed by atoms with Gasteiger partial charge in [-0.1, -0.05) is 22.0 Å². The Morgan fingerprint density at radius 3 is 2.76 bits per heavy atom.